The molecule has 0 saturated carbocycles. The van der Waals surface area contributed by atoms with E-state index in [-0.39, 0.29) is 30.2 Å². The number of nitrogens with one attached hydrogen (secondary N) is 2. The number of hydrogen-bond acceptors (Lipinski definition) is 3. The zero-order valence-electron chi connectivity index (χ0n) is 17.5. The molecule has 2 aromatic rings. The standard InChI is InChI=1S/C24H28N4O3/c29-22-14-20(17-28(22)16-18-7-2-1-3-8-18)23(30)25-15-19-9-6-10-21(13-19)26-24(31)27-11-4-5-12-27/h1-3,6-10,13,20H,4-5,11-12,14-17H2,(H,25,30)(H,26,31). The number of benzene rings is 2. The van der Waals surface area contributed by atoms with Gasteiger partial charge in [-0.2, -0.15) is 0 Å². The minimum atomic E-state index is -0.339. The Morgan fingerprint density at radius 2 is 1.71 bits per heavy atom. The van der Waals surface area contributed by atoms with Gasteiger partial charge in [0.05, 0.1) is 5.92 Å². The number of carbonyl (C=O) groups excluding carboxylic acids is 3. The average Bonchev–Trinajstić information content (AvgIpc) is 3.44. The molecule has 4 rings (SSSR count). The molecule has 31 heavy (non-hydrogen) atoms. The molecule has 2 aliphatic heterocycles. The van der Waals surface area contributed by atoms with Crippen LogP contribution in [0.5, 0.6) is 0 Å². The van der Waals surface area contributed by atoms with Crippen LogP contribution in [0.4, 0.5) is 10.5 Å². The number of amides is 4. The molecule has 2 heterocycles. The molecule has 2 saturated heterocycles. The van der Waals surface area contributed by atoms with Crippen molar-refractivity contribution in [3.63, 3.8) is 0 Å². The highest BCUT2D eigenvalue weighted by molar-refractivity contribution is 5.90. The first-order valence-electron chi connectivity index (χ1n) is 10.8. The summed E-state index contributed by atoms with van der Waals surface area (Å²) in [5.41, 5.74) is 2.68. The molecule has 0 spiro atoms. The fraction of sp³-hybridized carbons (Fsp3) is 0.375. The van der Waals surface area contributed by atoms with Gasteiger partial charge in [0.15, 0.2) is 0 Å². The van der Waals surface area contributed by atoms with Gasteiger partial charge in [0.1, 0.15) is 0 Å². The summed E-state index contributed by atoms with van der Waals surface area (Å²) in [5.74, 6) is -0.444. The molecule has 2 fully saturated rings. The van der Waals surface area contributed by atoms with Crippen LogP contribution >= 0.6 is 0 Å². The summed E-state index contributed by atoms with van der Waals surface area (Å²) >= 11 is 0. The molecule has 0 aromatic heterocycles. The van der Waals surface area contributed by atoms with E-state index in [4.69, 9.17) is 0 Å². The smallest absolute Gasteiger partial charge is 0.321 e. The van der Waals surface area contributed by atoms with Gasteiger partial charge in [-0.25, -0.2) is 4.79 Å². The molecule has 2 aromatic carbocycles. The van der Waals surface area contributed by atoms with Gasteiger partial charge >= 0.3 is 6.03 Å². The van der Waals surface area contributed by atoms with Crippen LogP contribution in [0, 0.1) is 5.92 Å². The second-order valence-electron chi connectivity index (χ2n) is 8.20. The van der Waals surface area contributed by atoms with Crippen LogP contribution in [0.15, 0.2) is 54.6 Å². The van der Waals surface area contributed by atoms with Crippen LogP contribution in [0.1, 0.15) is 30.4 Å². The Morgan fingerprint density at radius 3 is 2.48 bits per heavy atom. The lowest BCUT2D eigenvalue weighted by Gasteiger charge is -2.17. The summed E-state index contributed by atoms with van der Waals surface area (Å²) in [7, 11) is 0. The molecular formula is C24H28N4O3. The Hall–Kier alpha value is -3.35. The van der Waals surface area contributed by atoms with E-state index in [1.807, 2.05) is 59.5 Å². The molecule has 1 unspecified atom stereocenters. The third kappa shape index (κ3) is 5.42. The SMILES string of the molecule is O=C(NCc1cccc(NC(=O)N2CCCC2)c1)C1CC(=O)N(Cc2ccccc2)C1. The Labute approximate surface area is 182 Å². The molecular weight excluding hydrogens is 392 g/mol. The first kappa shape index (κ1) is 20.9. The van der Waals surface area contributed by atoms with Crippen molar-refractivity contribution in [3.8, 4) is 0 Å². The Kier molecular flexibility index (Phi) is 6.50. The van der Waals surface area contributed by atoms with Gasteiger partial charge in [0, 0.05) is 44.8 Å². The lowest BCUT2D eigenvalue weighted by molar-refractivity contribution is -0.129. The normalized spacial score (nSPS) is 18.3. The van der Waals surface area contributed by atoms with E-state index in [1.165, 1.54) is 0 Å². The lowest BCUT2D eigenvalue weighted by atomic mass is 10.1. The van der Waals surface area contributed by atoms with Gasteiger partial charge in [0.25, 0.3) is 0 Å². The van der Waals surface area contributed by atoms with Crippen molar-refractivity contribution in [1.82, 2.24) is 15.1 Å². The molecule has 0 bridgehead atoms. The van der Waals surface area contributed by atoms with Gasteiger partial charge in [-0.15, -0.1) is 0 Å². The van der Waals surface area contributed by atoms with Crippen LogP contribution in [0.2, 0.25) is 0 Å². The molecule has 2 N–H and O–H groups in total. The van der Waals surface area contributed by atoms with Gasteiger partial charge in [-0.3, -0.25) is 9.59 Å². The largest absolute Gasteiger partial charge is 0.352 e. The first-order chi connectivity index (χ1) is 15.1. The van der Waals surface area contributed by atoms with Crippen molar-refractivity contribution < 1.29 is 14.4 Å². The maximum atomic E-state index is 12.6. The van der Waals surface area contributed by atoms with Crippen molar-refractivity contribution in [3.05, 3.63) is 65.7 Å². The van der Waals surface area contributed by atoms with E-state index in [1.54, 1.807) is 4.90 Å². The zero-order valence-corrected chi connectivity index (χ0v) is 17.5. The third-order valence-corrected chi connectivity index (χ3v) is 5.84. The molecule has 7 heteroatoms. The number of nitrogens with zero attached hydrogens (tertiary/aromatic N) is 2. The number of anilines is 1. The quantitative estimate of drug-likeness (QED) is 0.754. The van der Waals surface area contributed by atoms with E-state index < -0.39 is 0 Å². The predicted octanol–water partition coefficient (Wildman–Crippen LogP) is 2.98. The predicted molar refractivity (Wildman–Crippen MR) is 118 cm³/mol. The summed E-state index contributed by atoms with van der Waals surface area (Å²) < 4.78 is 0. The van der Waals surface area contributed by atoms with Crippen molar-refractivity contribution in [2.75, 3.05) is 25.0 Å². The van der Waals surface area contributed by atoms with Crippen LogP contribution in [-0.4, -0.2) is 47.3 Å². The van der Waals surface area contributed by atoms with Crippen LogP contribution in [-0.2, 0) is 22.7 Å². The molecule has 0 aliphatic carbocycles. The average molecular weight is 421 g/mol. The lowest BCUT2D eigenvalue weighted by Crippen LogP contribution is -2.33. The second kappa shape index (κ2) is 9.64. The molecule has 7 nitrogen and oxygen atoms in total. The van der Waals surface area contributed by atoms with E-state index >= 15 is 0 Å². The van der Waals surface area contributed by atoms with Gasteiger partial charge in [-0.1, -0.05) is 42.5 Å². The highest BCUT2D eigenvalue weighted by Gasteiger charge is 2.34. The van der Waals surface area contributed by atoms with Crippen LogP contribution < -0.4 is 10.6 Å². The molecule has 2 aliphatic rings. The highest BCUT2D eigenvalue weighted by atomic mass is 16.2. The van der Waals surface area contributed by atoms with E-state index in [9.17, 15) is 14.4 Å². The maximum Gasteiger partial charge on any atom is 0.321 e. The topological polar surface area (TPSA) is 81.8 Å². The highest BCUT2D eigenvalue weighted by Crippen LogP contribution is 2.21. The Morgan fingerprint density at radius 1 is 0.968 bits per heavy atom. The number of carbonyl (C=O) groups is 3. The molecule has 0 radical (unpaired) electrons. The summed E-state index contributed by atoms with van der Waals surface area (Å²) in [6, 6.07) is 17.2. The van der Waals surface area contributed by atoms with Gasteiger partial charge in [0.2, 0.25) is 11.8 Å². The summed E-state index contributed by atoms with van der Waals surface area (Å²) in [6.07, 6.45) is 2.34. The maximum absolute atomic E-state index is 12.6. The van der Waals surface area contributed by atoms with Crippen LogP contribution in [0.25, 0.3) is 0 Å². The fourth-order valence-electron chi connectivity index (χ4n) is 4.12. The molecule has 162 valence electrons. The van der Waals surface area contributed by atoms with Crippen molar-refractivity contribution in [2.24, 2.45) is 5.92 Å². The van der Waals surface area contributed by atoms with Crippen molar-refractivity contribution >= 4 is 23.5 Å². The molecule has 4 amide bonds. The second-order valence-corrected chi connectivity index (χ2v) is 8.20. The van der Waals surface area contributed by atoms with E-state index in [0.29, 0.717) is 25.3 Å². The number of rotatable bonds is 6. The fourth-order valence-corrected chi connectivity index (χ4v) is 4.12. The van der Waals surface area contributed by atoms with E-state index in [0.717, 1.165) is 37.1 Å². The number of urea groups is 1. The van der Waals surface area contributed by atoms with Crippen LogP contribution in [0.3, 0.4) is 0 Å². The third-order valence-electron chi connectivity index (χ3n) is 5.84. The minimum Gasteiger partial charge on any atom is -0.352 e. The minimum absolute atomic E-state index is 0.00984. The van der Waals surface area contributed by atoms with Crippen molar-refractivity contribution in [1.29, 1.82) is 0 Å². The zero-order chi connectivity index (χ0) is 21.6. The monoisotopic (exact) mass is 420 g/mol. The summed E-state index contributed by atoms with van der Waals surface area (Å²) in [4.78, 5) is 40.8. The summed E-state index contributed by atoms with van der Waals surface area (Å²) in [6.45, 7) is 2.91. The first-order valence-corrected chi connectivity index (χ1v) is 10.8. The number of hydrogen-bond donors (Lipinski definition) is 2. The number of likely N-dealkylation sites (tertiary alicyclic amines) is 2. The van der Waals surface area contributed by atoms with E-state index in [2.05, 4.69) is 10.6 Å². The Balaban J connectivity index is 1.27. The van der Waals surface area contributed by atoms with Crippen molar-refractivity contribution in [2.45, 2.75) is 32.4 Å². The van der Waals surface area contributed by atoms with Gasteiger partial charge < -0.3 is 20.4 Å². The summed E-state index contributed by atoms with van der Waals surface area (Å²) in [5, 5.41) is 5.87. The van der Waals surface area contributed by atoms with Gasteiger partial charge in [-0.05, 0) is 36.1 Å². The Bertz CT molecular complexity index is 941. The molecule has 1 atom stereocenters.